The standard InChI is InChI=1S/C18H23N5O2/c24-16-3-1-2-15(12-16)21-8-10-22(11-9-21)18(25)14-4-5-17-20-19-13-23(17)7-6-14/h1-3,12-14,24H,4-11H2. The van der Waals surface area contributed by atoms with E-state index in [4.69, 9.17) is 0 Å². The third-order valence-electron chi connectivity index (χ3n) is 5.27. The number of rotatable bonds is 2. The largest absolute Gasteiger partial charge is 0.508 e. The number of carbonyl (C=O) groups is 1. The van der Waals surface area contributed by atoms with Gasteiger partial charge < -0.3 is 19.5 Å². The number of carbonyl (C=O) groups excluding carboxylic acids is 1. The van der Waals surface area contributed by atoms with Crippen molar-refractivity contribution >= 4 is 11.6 Å². The van der Waals surface area contributed by atoms with Crippen LogP contribution in [0.1, 0.15) is 18.7 Å². The zero-order valence-electron chi connectivity index (χ0n) is 14.2. The Morgan fingerprint density at radius 2 is 1.96 bits per heavy atom. The van der Waals surface area contributed by atoms with Gasteiger partial charge in [-0.1, -0.05) is 6.07 Å². The normalized spacial score (nSPS) is 20.9. The van der Waals surface area contributed by atoms with Gasteiger partial charge in [-0.3, -0.25) is 4.79 Å². The van der Waals surface area contributed by atoms with Crippen LogP contribution in [-0.4, -0.2) is 56.9 Å². The van der Waals surface area contributed by atoms with Crippen LogP contribution >= 0.6 is 0 Å². The molecular formula is C18H23N5O2. The zero-order chi connectivity index (χ0) is 17.2. The lowest BCUT2D eigenvalue weighted by atomic mass is 9.98. The molecule has 1 atom stereocenters. The van der Waals surface area contributed by atoms with E-state index in [0.29, 0.717) is 0 Å². The van der Waals surface area contributed by atoms with Gasteiger partial charge >= 0.3 is 0 Å². The van der Waals surface area contributed by atoms with Crippen LogP contribution in [0, 0.1) is 5.92 Å². The highest BCUT2D eigenvalue weighted by atomic mass is 16.3. The molecule has 2 aliphatic rings. The number of hydrogen-bond acceptors (Lipinski definition) is 5. The Kier molecular flexibility index (Phi) is 4.29. The summed E-state index contributed by atoms with van der Waals surface area (Å²) in [5.41, 5.74) is 1.01. The number of aryl methyl sites for hydroxylation is 2. The molecular weight excluding hydrogens is 318 g/mol. The maximum absolute atomic E-state index is 12.9. The summed E-state index contributed by atoms with van der Waals surface area (Å²) in [6.45, 7) is 3.89. The smallest absolute Gasteiger partial charge is 0.225 e. The molecule has 0 radical (unpaired) electrons. The van der Waals surface area contributed by atoms with Gasteiger partial charge in [-0.25, -0.2) is 0 Å². The first-order valence-electron chi connectivity index (χ1n) is 8.90. The van der Waals surface area contributed by atoms with E-state index in [0.717, 1.165) is 63.5 Å². The van der Waals surface area contributed by atoms with Gasteiger partial charge in [0.1, 0.15) is 17.9 Å². The molecule has 0 aliphatic carbocycles. The molecule has 1 aromatic heterocycles. The molecule has 7 heteroatoms. The van der Waals surface area contributed by atoms with E-state index in [1.165, 1.54) is 0 Å². The van der Waals surface area contributed by atoms with Crippen LogP contribution in [0.2, 0.25) is 0 Å². The van der Waals surface area contributed by atoms with Gasteiger partial charge in [0.15, 0.2) is 0 Å². The Labute approximate surface area is 146 Å². The molecule has 25 heavy (non-hydrogen) atoms. The maximum Gasteiger partial charge on any atom is 0.225 e. The molecule has 1 N–H and O–H groups in total. The van der Waals surface area contributed by atoms with Gasteiger partial charge in [0.25, 0.3) is 0 Å². The van der Waals surface area contributed by atoms with Crippen molar-refractivity contribution in [3.63, 3.8) is 0 Å². The third kappa shape index (κ3) is 3.31. The Morgan fingerprint density at radius 3 is 2.76 bits per heavy atom. The monoisotopic (exact) mass is 341 g/mol. The topological polar surface area (TPSA) is 74.5 Å². The number of phenolic OH excluding ortho intramolecular Hbond substituents is 1. The van der Waals surface area contributed by atoms with E-state index in [1.807, 2.05) is 17.0 Å². The first-order chi connectivity index (χ1) is 12.2. The number of benzene rings is 1. The molecule has 1 saturated heterocycles. The molecule has 7 nitrogen and oxygen atoms in total. The number of fused-ring (bicyclic) bond motifs is 1. The predicted octanol–water partition coefficient (Wildman–Crippen LogP) is 1.28. The van der Waals surface area contributed by atoms with Crippen LogP contribution < -0.4 is 4.90 Å². The summed E-state index contributed by atoms with van der Waals surface area (Å²) in [6.07, 6.45) is 4.29. The fraction of sp³-hybridized carbons (Fsp3) is 0.500. The number of aromatic hydroxyl groups is 1. The van der Waals surface area contributed by atoms with E-state index >= 15 is 0 Å². The SMILES string of the molecule is O=C(C1CCc2nncn2CC1)N1CCN(c2cccc(O)c2)CC1. The van der Waals surface area contributed by atoms with Crippen molar-refractivity contribution in [3.05, 3.63) is 36.4 Å². The van der Waals surface area contributed by atoms with E-state index in [-0.39, 0.29) is 17.6 Å². The predicted molar refractivity (Wildman–Crippen MR) is 93.3 cm³/mol. The lowest BCUT2D eigenvalue weighted by molar-refractivity contribution is -0.136. The van der Waals surface area contributed by atoms with Gasteiger partial charge in [0.2, 0.25) is 5.91 Å². The van der Waals surface area contributed by atoms with Crippen LogP contribution in [0.25, 0.3) is 0 Å². The summed E-state index contributed by atoms with van der Waals surface area (Å²) in [5, 5.41) is 17.7. The Morgan fingerprint density at radius 1 is 1.12 bits per heavy atom. The molecule has 0 bridgehead atoms. The van der Waals surface area contributed by atoms with Gasteiger partial charge in [-0.15, -0.1) is 10.2 Å². The van der Waals surface area contributed by atoms with Gasteiger partial charge in [0, 0.05) is 56.8 Å². The molecule has 2 aliphatic heterocycles. The minimum absolute atomic E-state index is 0.0778. The summed E-state index contributed by atoms with van der Waals surface area (Å²) >= 11 is 0. The molecule has 1 fully saturated rings. The second-order valence-corrected chi connectivity index (χ2v) is 6.80. The Hall–Kier alpha value is -2.57. The van der Waals surface area contributed by atoms with Crippen molar-refractivity contribution in [3.8, 4) is 5.75 Å². The summed E-state index contributed by atoms with van der Waals surface area (Å²) in [4.78, 5) is 17.1. The second kappa shape index (κ2) is 6.74. The lowest BCUT2D eigenvalue weighted by Crippen LogP contribution is -2.50. The van der Waals surface area contributed by atoms with Crippen molar-refractivity contribution in [2.45, 2.75) is 25.8 Å². The highest BCUT2D eigenvalue weighted by Crippen LogP contribution is 2.24. The lowest BCUT2D eigenvalue weighted by Gasteiger charge is -2.37. The highest BCUT2D eigenvalue weighted by Gasteiger charge is 2.29. The van der Waals surface area contributed by atoms with Crippen LogP contribution in [0.15, 0.2) is 30.6 Å². The summed E-state index contributed by atoms with van der Waals surface area (Å²) in [5.74, 6) is 1.62. The minimum Gasteiger partial charge on any atom is -0.508 e. The van der Waals surface area contributed by atoms with E-state index in [9.17, 15) is 9.90 Å². The molecule has 2 aromatic rings. The van der Waals surface area contributed by atoms with Crippen LogP contribution in [-0.2, 0) is 17.8 Å². The minimum atomic E-state index is 0.0778. The fourth-order valence-corrected chi connectivity index (χ4v) is 3.78. The van der Waals surface area contributed by atoms with Gasteiger partial charge in [-0.05, 0) is 25.0 Å². The molecule has 1 aromatic carbocycles. The molecule has 0 spiro atoms. The quantitative estimate of drug-likeness (QED) is 0.891. The van der Waals surface area contributed by atoms with Crippen LogP contribution in [0.4, 0.5) is 5.69 Å². The van der Waals surface area contributed by atoms with E-state index in [2.05, 4.69) is 19.7 Å². The van der Waals surface area contributed by atoms with Crippen molar-refractivity contribution in [1.29, 1.82) is 0 Å². The Bertz CT molecular complexity index is 729. The summed E-state index contributed by atoms with van der Waals surface area (Å²) < 4.78 is 2.06. The Balaban J connectivity index is 1.34. The average Bonchev–Trinajstić information content (AvgIpc) is 3.00. The number of amides is 1. The number of anilines is 1. The van der Waals surface area contributed by atoms with Gasteiger partial charge in [0.05, 0.1) is 0 Å². The average molecular weight is 341 g/mol. The number of piperazine rings is 1. The van der Waals surface area contributed by atoms with Gasteiger partial charge in [-0.2, -0.15) is 0 Å². The molecule has 132 valence electrons. The van der Waals surface area contributed by atoms with E-state index in [1.54, 1.807) is 18.5 Å². The zero-order valence-corrected chi connectivity index (χ0v) is 14.2. The molecule has 4 rings (SSSR count). The fourth-order valence-electron chi connectivity index (χ4n) is 3.78. The number of hydrogen-bond donors (Lipinski definition) is 1. The van der Waals surface area contributed by atoms with Crippen LogP contribution in [0.5, 0.6) is 5.75 Å². The maximum atomic E-state index is 12.9. The van der Waals surface area contributed by atoms with Crippen molar-refractivity contribution in [2.75, 3.05) is 31.1 Å². The first-order valence-corrected chi connectivity index (χ1v) is 8.90. The third-order valence-corrected chi connectivity index (χ3v) is 5.27. The van der Waals surface area contributed by atoms with Crippen molar-refractivity contribution in [2.24, 2.45) is 5.92 Å². The summed E-state index contributed by atoms with van der Waals surface area (Å²) in [7, 11) is 0. The van der Waals surface area contributed by atoms with Crippen molar-refractivity contribution in [1.82, 2.24) is 19.7 Å². The summed E-state index contributed by atoms with van der Waals surface area (Å²) in [6, 6.07) is 7.30. The van der Waals surface area contributed by atoms with Crippen LogP contribution in [0.3, 0.4) is 0 Å². The molecule has 1 unspecified atom stereocenters. The molecule has 1 amide bonds. The van der Waals surface area contributed by atoms with E-state index < -0.39 is 0 Å². The number of phenols is 1. The highest BCUT2D eigenvalue weighted by molar-refractivity contribution is 5.79. The number of aromatic nitrogens is 3. The first kappa shape index (κ1) is 15.9. The molecule has 3 heterocycles. The molecule has 0 saturated carbocycles. The van der Waals surface area contributed by atoms with Crippen molar-refractivity contribution < 1.29 is 9.90 Å². The number of nitrogens with zero attached hydrogens (tertiary/aromatic N) is 5. The second-order valence-electron chi connectivity index (χ2n) is 6.80.